The lowest BCUT2D eigenvalue weighted by atomic mass is 9.63. The zero-order valence-corrected chi connectivity index (χ0v) is 29.1. The highest BCUT2D eigenvalue weighted by atomic mass is 35.5. The summed E-state index contributed by atoms with van der Waals surface area (Å²) in [6.07, 6.45) is 6.25. The van der Waals surface area contributed by atoms with Crippen molar-refractivity contribution in [3.8, 4) is 5.75 Å². The number of aliphatic hydroxyl groups is 1. The van der Waals surface area contributed by atoms with Crippen LogP contribution in [-0.4, -0.2) is 64.7 Å². The van der Waals surface area contributed by atoms with Gasteiger partial charge in [-0.3, -0.25) is 8.98 Å². The fraction of sp³-hybridized carbons (Fsp3) is 0.606. The molecule has 5 atom stereocenters. The van der Waals surface area contributed by atoms with Gasteiger partial charge in [-0.2, -0.15) is 8.42 Å². The van der Waals surface area contributed by atoms with Gasteiger partial charge in [0.1, 0.15) is 12.4 Å². The van der Waals surface area contributed by atoms with Crippen LogP contribution in [0.3, 0.4) is 0 Å². The first kappa shape index (κ1) is 34.9. The van der Waals surface area contributed by atoms with Gasteiger partial charge in [0.15, 0.2) is 0 Å². The summed E-state index contributed by atoms with van der Waals surface area (Å²) >= 11 is 6.31. The number of anilines is 1. The first-order chi connectivity index (χ1) is 21.6. The molecule has 5 rings (SSSR count). The van der Waals surface area contributed by atoms with Crippen LogP contribution in [0.25, 0.3) is 0 Å². The van der Waals surface area contributed by atoms with Gasteiger partial charge >= 0.3 is 0 Å². The molecule has 3 aliphatic rings. The number of nitrogens with zero attached hydrogens (tertiary/aromatic N) is 1. The van der Waals surface area contributed by atoms with Crippen LogP contribution < -0.4 is 14.4 Å². The number of nitrogens with one attached hydrogen (secondary N) is 1. The second kappa shape index (κ2) is 14.0. The molecule has 2 aromatic carbocycles. The van der Waals surface area contributed by atoms with Crippen LogP contribution in [0.5, 0.6) is 5.75 Å². The molecule has 46 heavy (non-hydrogen) atoms. The van der Waals surface area contributed by atoms with Crippen molar-refractivity contribution in [2.24, 2.45) is 17.8 Å². The smallest absolute Gasteiger partial charge is 0.264 e. The van der Waals surface area contributed by atoms with Crippen molar-refractivity contribution in [3.63, 3.8) is 0 Å². The molecule has 0 radical (unpaired) electrons. The van der Waals surface area contributed by atoms with Crippen LogP contribution in [0.15, 0.2) is 36.4 Å². The molecule has 2 N–H and O–H groups in total. The van der Waals surface area contributed by atoms with Crippen LogP contribution in [0.2, 0.25) is 5.02 Å². The van der Waals surface area contributed by atoms with Crippen LogP contribution in [-0.2, 0) is 37.4 Å². The second-order valence-electron chi connectivity index (χ2n) is 13.4. The molecule has 1 aliphatic carbocycles. The maximum atomic E-state index is 13.4. The Morgan fingerprint density at radius 3 is 2.59 bits per heavy atom. The monoisotopic (exact) mass is 696 g/mol. The van der Waals surface area contributed by atoms with Gasteiger partial charge < -0.3 is 14.7 Å². The average molecular weight is 697 g/mol. The van der Waals surface area contributed by atoms with E-state index >= 15 is 0 Å². The van der Waals surface area contributed by atoms with E-state index in [1.54, 1.807) is 32.0 Å². The van der Waals surface area contributed by atoms with E-state index in [0.29, 0.717) is 48.8 Å². The Morgan fingerprint density at radius 1 is 1.09 bits per heavy atom. The normalized spacial score (nSPS) is 29.2. The standard InChI is InChI=1S/C33H45ClN2O8S2/c1-22-7-6-15-33(38,21-44-45(3,39)40)29-13-10-26(29)19-36-16-5-4-8-24-17-28(34)12-9-27(24)20-43-31-14-11-25(18-30(31)36)32(37)35-46(41,42)23(22)2/h9,11-12,14,17-18,22-23,26,29,38H,4-8,10,13,15-16,19-21H2,1-3H3,(H,35,37)/t22-,23+,26-,29+,33-/m0/s1. The third kappa shape index (κ3) is 8.18. The van der Waals surface area contributed by atoms with Crippen molar-refractivity contribution in [1.29, 1.82) is 0 Å². The molecular weight excluding hydrogens is 652 g/mol. The molecule has 254 valence electrons. The van der Waals surface area contributed by atoms with E-state index in [2.05, 4.69) is 9.62 Å². The summed E-state index contributed by atoms with van der Waals surface area (Å²) < 4.78 is 64.4. The molecule has 13 heteroatoms. The topological polar surface area (TPSA) is 139 Å². The Morgan fingerprint density at radius 2 is 1.87 bits per heavy atom. The van der Waals surface area contributed by atoms with Crippen LogP contribution in [0, 0.1) is 17.8 Å². The van der Waals surface area contributed by atoms with E-state index < -0.39 is 36.9 Å². The third-order valence-electron chi connectivity index (χ3n) is 10.1. The van der Waals surface area contributed by atoms with E-state index in [1.807, 2.05) is 18.2 Å². The van der Waals surface area contributed by atoms with Gasteiger partial charge in [0.25, 0.3) is 16.0 Å². The molecule has 0 unspecified atom stereocenters. The quantitative estimate of drug-likeness (QED) is 0.422. The Balaban J connectivity index is 1.55. The Labute approximate surface area is 278 Å². The van der Waals surface area contributed by atoms with Gasteiger partial charge in [-0.25, -0.2) is 13.1 Å². The molecule has 0 saturated heterocycles. The predicted molar refractivity (Wildman–Crippen MR) is 178 cm³/mol. The molecular formula is C33H45ClN2O8S2. The van der Waals surface area contributed by atoms with Gasteiger partial charge in [0, 0.05) is 23.7 Å². The van der Waals surface area contributed by atoms with Gasteiger partial charge in [-0.1, -0.05) is 31.0 Å². The number of carbonyl (C=O) groups is 1. The molecule has 1 fully saturated rings. The summed E-state index contributed by atoms with van der Waals surface area (Å²) in [4.78, 5) is 15.6. The number of carbonyl (C=O) groups excluding carboxylic acids is 1. The third-order valence-corrected chi connectivity index (χ3v) is 12.8. The van der Waals surface area contributed by atoms with Crippen molar-refractivity contribution >= 4 is 43.3 Å². The molecule has 2 heterocycles. The van der Waals surface area contributed by atoms with Crippen molar-refractivity contribution in [1.82, 2.24) is 4.72 Å². The number of amides is 1. The summed E-state index contributed by atoms with van der Waals surface area (Å²) in [6, 6.07) is 10.7. The van der Waals surface area contributed by atoms with Crippen molar-refractivity contribution in [3.05, 3.63) is 58.1 Å². The van der Waals surface area contributed by atoms with Gasteiger partial charge in [0.2, 0.25) is 10.0 Å². The summed E-state index contributed by atoms with van der Waals surface area (Å²) in [5.74, 6) is -0.665. The van der Waals surface area contributed by atoms with Crippen molar-refractivity contribution < 1.29 is 35.7 Å². The molecule has 2 aromatic rings. The van der Waals surface area contributed by atoms with E-state index in [4.69, 9.17) is 20.5 Å². The summed E-state index contributed by atoms with van der Waals surface area (Å²) in [5, 5.41) is 11.8. The number of sulfonamides is 1. The van der Waals surface area contributed by atoms with E-state index in [1.165, 1.54) is 0 Å². The number of rotatable bonds is 3. The van der Waals surface area contributed by atoms with Crippen molar-refractivity contribution in [2.75, 3.05) is 30.9 Å². The number of fused-ring (bicyclic) bond motifs is 3. The van der Waals surface area contributed by atoms with E-state index in [0.717, 1.165) is 43.1 Å². The van der Waals surface area contributed by atoms with Crippen LogP contribution >= 0.6 is 11.6 Å². The van der Waals surface area contributed by atoms with Gasteiger partial charge in [-0.15, -0.1) is 0 Å². The largest absolute Gasteiger partial charge is 0.487 e. The molecule has 2 bridgehead atoms. The van der Waals surface area contributed by atoms with Gasteiger partial charge in [-0.05, 0) is 111 Å². The molecule has 0 spiro atoms. The lowest BCUT2D eigenvalue weighted by molar-refractivity contribution is -0.111. The van der Waals surface area contributed by atoms with E-state index in [-0.39, 0.29) is 43.0 Å². The Hall–Kier alpha value is -2.38. The number of hydrogen-bond donors (Lipinski definition) is 2. The molecule has 1 saturated carbocycles. The minimum Gasteiger partial charge on any atom is -0.487 e. The van der Waals surface area contributed by atoms with Gasteiger partial charge in [0.05, 0.1) is 29.4 Å². The Kier molecular flexibility index (Phi) is 10.6. The Bertz CT molecular complexity index is 1650. The zero-order chi connectivity index (χ0) is 33.3. The second-order valence-corrected chi connectivity index (χ2v) is 17.5. The highest BCUT2D eigenvalue weighted by molar-refractivity contribution is 7.90. The molecule has 10 nitrogen and oxygen atoms in total. The predicted octanol–water partition coefficient (Wildman–Crippen LogP) is 5.06. The first-order valence-corrected chi connectivity index (χ1v) is 19.8. The number of ether oxygens (including phenoxy) is 1. The molecule has 2 aliphatic heterocycles. The maximum Gasteiger partial charge on any atom is 0.264 e. The number of benzene rings is 2. The van der Waals surface area contributed by atoms with Crippen LogP contribution in [0.1, 0.15) is 80.3 Å². The lowest BCUT2D eigenvalue weighted by Gasteiger charge is -2.49. The summed E-state index contributed by atoms with van der Waals surface area (Å²) in [6.45, 7) is 4.48. The number of halogens is 1. The number of aryl methyl sites for hydroxylation is 1. The highest BCUT2D eigenvalue weighted by Gasteiger charge is 2.48. The van der Waals surface area contributed by atoms with E-state index in [9.17, 15) is 26.7 Å². The minimum atomic E-state index is -4.02. The lowest BCUT2D eigenvalue weighted by Crippen LogP contribution is -2.53. The molecule has 1 amide bonds. The van der Waals surface area contributed by atoms with Crippen LogP contribution in [0.4, 0.5) is 5.69 Å². The fourth-order valence-corrected chi connectivity index (χ4v) is 8.91. The van der Waals surface area contributed by atoms with Crippen molar-refractivity contribution in [2.45, 2.75) is 82.7 Å². The minimum absolute atomic E-state index is 0.0317. The summed E-state index contributed by atoms with van der Waals surface area (Å²) in [7, 11) is -7.82. The fourth-order valence-electron chi connectivity index (χ4n) is 6.98. The first-order valence-electron chi connectivity index (χ1n) is 16.1. The highest BCUT2D eigenvalue weighted by Crippen LogP contribution is 2.46. The zero-order valence-electron chi connectivity index (χ0n) is 26.7. The average Bonchev–Trinajstić information content (AvgIpc) is 3.00. The maximum absolute atomic E-state index is 13.4. The summed E-state index contributed by atoms with van der Waals surface area (Å²) in [5.41, 5.74) is 1.60. The molecule has 0 aromatic heterocycles. The SMILES string of the molecule is C[C@@H]1[C@@H](C)CCC[C@](O)(COS(C)(=O)=O)[C@@H]2CC[C@H]2CN2CCCCc3cc(Cl)ccc3COc3ccc(cc32)C(=O)NS1(=O)=O. The number of hydrogen-bond acceptors (Lipinski definition) is 9.